The molecule has 1 saturated heterocycles. The largest absolute Gasteiger partial charge is 0.378 e. The maximum atomic E-state index is 5.23. The first kappa shape index (κ1) is 12.0. The molecule has 0 amide bonds. The highest BCUT2D eigenvalue weighted by Gasteiger charge is 2.28. The minimum absolute atomic E-state index is 0.299. The fourth-order valence-electron chi connectivity index (χ4n) is 2.01. The molecule has 3 rings (SSSR count). The highest BCUT2D eigenvalue weighted by atomic mass is 16.5. The van der Waals surface area contributed by atoms with E-state index in [0.717, 1.165) is 36.0 Å². The van der Waals surface area contributed by atoms with Crippen LogP contribution in [0.3, 0.4) is 0 Å². The third-order valence-corrected chi connectivity index (χ3v) is 3.20. The minimum Gasteiger partial charge on any atom is -0.378 e. The van der Waals surface area contributed by atoms with E-state index in [1.54, 1.807) is 19.5 Å². The molecule has 1 fully saturated rings. The summed E-state index contributed by atoms with van der Waals surface area (Å²) in [6, 6.07) is 5.72. The van der Waals surface area contributed by atoms with Crippen LogP contribution in [0.2, 0.25) is 0 Å². The Kier molecular flexibility index (Phi) is 3.13. The molecule has 1 radical (unpaired) electrons. The quantitative estimate of drug-likeness (QED) is 0.833. The Balaban J connectivity index is 1.76. The zero-order valence-electron chi connectivity index (χ0n) is 10.8. The Morgan fingerprint density at radius 1 is 1.26 bits per heavy atom. The van der Waals surface area contributed by atoms with Crippen LogP contribution in [-0.4, -0.2) is 41.3 Å². The van der Waals surface area contributed by atoms with Crippen LogP contribution < -0.4 is 4.90 Å². The standard InChI is InChI=1S/C14H15N4O/c1-10-4-3-5-13(17-10)11-6-15-14(16-7-11)18-8-12(9-18)19-2/h3-7,12H,1,8-9H2,2H3. The molecule has 19 heavy (non-hydrogen) atoms. The topological polar surface area (TPSA) is 51.1 Å². The van der Waals surface area contributed by atoms with Crippen molar-refractivity contribution in [1.82, 2.24) is 15.0 Å². The van der Waals surface area contributed by atoms with Crippen molar-refractivity contribution in [2.24, 2.45) is 0 Å². The zero-order chi connectivity index (χ0) is 13.2. The second-order valence-electron chi connectivity index (χ2n) is 4.55. The number of pyridine rings is 1. The first-order valence-corrected chi connectivity index (χ1v) is 6.15. The summed E-state index contributed by atoms with van der Waals surface area (Å²) in [5, 5.41) is 0. The number of rotatable bonds is 3. The average Bonchev–Trinajstić information content (AvgIpc) is 2.38. The molecular weight excluding hydrogens is 240 g/mol. The fourth-order valence-corrected chi connectivity index (χ4v) is 2.01. The molecule has 0 saturated carbocycles. The molecule has 0 atom stereocenters. The van der Waals surface area contributed by atoms with Crippen molar-refractivity contribution in [1.29, 1.82) is 0 Å². The van der Waals surface area contributed by atoms with Gasteiger partial charge in [0.05, 0.1) is 11.8 Å². The lowest BCUT2D eigenvalue weighted by Gasteiger charge is -2.37. The fraction of sp³-hybridized carbons (Fsp3) is 0.286. The van der Waals surface area contributed by atoms with Crippen LogP contribution >= 0.6 is 0 Å². The number of hydrogen-bond donors (Lipinski definition) is 0. The van der Waals surface area contributed by atoms with E-state index in [1.165, 1.54) is 0 Å². The third kappa shape index (κ3) is 2.42. The Labute approximate surface area is 112 Å². The number of anilines is 1. The van der Waals surface area contributed by atoms with Gasteiger partial charge in [-0.25, -0.2) is 9.97 Å². The van der Waals surface area contributed by atoms with Gasteiger partial charge in [0.2, 0.25) is 5.95 Å². The second kappa shape index (κ2) is 4.93. The average molecular weight is 255 g/mol. The van der Waals surface area contributed by atoms with Crippen LogP contribution in [-0.2, 0) is 4.74 Å². The zero-order valence-corrected chi connectivity index (χ0v) is 10.8. The Bertz CT molecular complexity index is 564. The van der Waals surface area contributed by atoms with Crippen molar-refractivity contribution in [3.05, 3.63) is 43.2 Å². The van der Waals surface area contributed by atoms with Crippen molar-refractivity contribution >= 4 is 5.95 Å². The van der Waals surface area contributed by atoms with Crippen molar-refractivity contribution in [3.8, 4) is 11.3 Å². The van der Waals surface area contributed by atoms with E-state index >= 15 is 0 Å². The van der Waals surface area contributed by atoms with E-state index in [-0.39, 0.29) is 0 Å². The number of ether oxygens (including phenoxy) is 1. The molecule has 2 aromatic rings. The third-order valence-electron chi connectivity index (χ3n) is 3.20. The molecule has 0 aromatic carbocycles. The van der Waals surface area contributed by atoms with Gasteiger partial charge in [-0.1, -0.05) is 6.07 Å². The molecule has 5 heteroatoms. The normalized spacial score (nSPS) is 15.4. The smallest absolute Gasteiger partial charge is 0.225 e. The van der Waals surface area contributed by atoms with Gasteiger partial charge in [0, 0.05) is 43.9 Å². The molecule has 0 spiro atoms. The van der Waals surface area contributed by atoms with Crippen LogP contribution in [0.15, 0.2) is 30.6 Å². The molecule has 2 aromatic heterocycles. The first-order valence-electron chi connectivity index (χ1n) is 6.15. The van der Waals surface area contributed by atoms with Crippen LogP contribution in [0.5, 0.6) is 0 Å². The van der Waals surface area contributed by atoms with Gasteiger partial charge in [0.15, 0.2) is 0 Å². The van der Waals surface area contributed by atoms with Crippen molar-refractivity contribution in [2.75, 3.05) is 25.1 Å². The van der Waals surface area contributed by atoms with Crippen LogP contribution in [0.25, 0.3) is 11.3 Å². The van der Waals surface area contributed by atoms with E-state index in [1.807, 2.05) is 18.2 Å². The predicted molar refractivity (Wildman–Crippen MR) is 72.7 cm³/mol. The lowest BCUT2D eigenvalue weighted by molar-refractivity contribution is 0.0778. The van der Waals surface area contributed by atoms with Gasteiger partial charge < -0.3 is 9.64 Å². The second-order valence-corrected chi connectivity index (χ2v) is 4.55. The molecule has 0 unspecified atom stereocenters. The van der Waals surface area contributed by atoms with E-state index in [2.05, 4.69) is 26.8 Å². The molecule has 0 bridgehead atoms. The minimum atomic E-state index is 0.299. The first-order chi connectivity index (χ1) is 9.26. The number of hydrogen-bond acceptors (Lipinski definition) is 5. The summed E-state index contributed by atoms with van der Waals surface area (Å²) in [6.07, 6.45) is 3.89. The number of methoxy groups -OCH3 is 1. The highest BCUT2D eigenvalue weighted by molar-refractivity contribution is 5.57. The van der Waals surface area contributed by atoms with E-state index in [9.17, 15) is 0 Å². The monoisotopic (exact) mass is 255 g/mol. The molecular formula is C14H15N4O. The van der Waals surface area contributed by atoms with Crippen LogP contribution in [0, 0.1) is 6.92 Å². The van der Waals surface area contributed by atoms with Crippen molar-refractivity contribution in [3.63, 3.8) is 0 Å². The van der Waals surface area contributed by atoms with E-state index in [4.69, 9.17) is 4.74 Å². The number of aromatic nitrogens is 3. The molecule has 1 aliphatic heterocycles. The van der Waals surface area contributed by atoms with Gasteiger partial charge in [0.25, 0.3) is 0 Å². The van der Waals surface area contributed by atoms with Gasteiger partial charge in [-0.3, -0.25) is 4.98 Å². The van der Waals surface area contributed by atoms with Gasteiger partial charge in [0.1, 0.15) is 0 Å². The summed E-state index contributed by atoms with van der Waals surface area (Å²) in [7, 11) is 1.73. The molecule has 0 N–H and O–H groups in total. The molecule has 97 valence electrons. The van der Waals surface area contributed by atoms with E-state index < -0.39 is 0 Å². The predicted octanol–water partition coefficient (Wildman–Crippen LogP) is 1.56. The van der Waals surface area contributed by atoms with Gasteiger partial charge in [-0.15, -0.1) is 0 Å². The summed E-state index contributed by atoms with van der Waals surface area (Å²) in [5.74, 6) is 0.739. The summed E-state index contributed by atoms with van der Waals surface area (Å²) in [4.78, 5) is 15.2. The van der Waals surface area contributed by atoms with Gasteiger partial charge in [-0.2, -0.15) is 0 Å². The molecule has 3 heterocycles. The summed E-state index contributed by atoms with van der Waals surface area (Å²) < 4.78 is 5.23. The van der Waals surface area contributed by atoms with Crippen LogP contribution in [0.4, 0.5) is 5.95 Å². The summed E-state index contributed by atoms with van der Waals surface area (Å²) in [5.41, 5.74) is 2.49. The molecule has 5 nitrogen and oxygen atoms in total. The Hall–Kier alpha value is -2.01. The van der Waals surface area contributed by atoms with Crippen molar-refractivity contribution < 1.29 is 4.74 Å². The van der Waals surface area contributed by atoms with Gasteiger partial charge >= 0.3 is 0 Å². The SMILES string of the molecule is [CH2]c1cccc(-c2cnc(N3CC(OC)C3)nc2)n1. The van der Waals surface area contributed by atoms with E-state index in [0.29, 0.717) is 6.10 Å². The summed E-state index contributed by atoms with van der Waals surface area (Å²) >= 11 is 0. The maximum Gasteiger partial charge on any atom is 0.225 e. The van der Waals surface area contributed by atoms with Gasteiger partial charge in [-0.05, 0) is 19.1 Å². The Morgan fingerprint density at radius 3 is 2.63 bits per heavy atom. The van der Waals surface area contributed by atoms with Crippen molar-refractivity contribution in [2.45, 2.75) is 6.10 Å². The maximum absolute atomic E-state index is 5.23. The molecule has 1 aliphatic rings. The van der Waals surface area contributed by atoms with Crippen LogP contribution in [0.1, 0.15) is 5.69 Å². The highest BCUT2D eigenvalue weighted by Crippen LogP contribution is 2.20. The Morgan fingerprint density at radius 2 is 2.00 bits per heavy atom. The lowest BCUT2D eigenvalue weighted by atomic mass is 10.2. The lowest BCUT2D eigenvalue weighted by Crippen LogP contribution is -2.52. The summed E-state index contributed by atoms with van der Waals surface area (Å²) in [6.45, 7) is 5.52. The molecule has 0 aliphatic carbocycles. The number of nitrogens with zero attached hydrogens (tertiary/aromatic N) is 4.